The molecule has 1 fully saturated rings. The number of fused-ring (bicyclic) bond motifs is 3. The molecule has 0 spiro atoms. The van der Waals surface area contributed by atoms with E-state index in [1.807, 2.05) is 23.2 Å². The van der Waals surface area contributed by atoms with Gasteiger partial charge in [0.1, 0.15) is 30.1 Å². The second-order valence-electron chi connectivity index (χ2n) is 7.69. The minimum atomic E-state index is -0.522. The molecule has 2 aromatic carbocycles. The van der Waals surface area contributed by atoms with Gasteiger partial charge < -0.3 is 9.53 Å². The maximum absolute atomic E-state index is 13.9. The van der Waals surface area contributed by atoms with E-state index in [1.54, 1.807) is 6.07 Å². The molecule has 1 aliphatic carbocycles. The number of carbonyl (C=O) groups is 1. The second-order valence-corrected chi connectivity index (χ2v) is 7.69. The summed E-state index contributed by atoms with van der Waals surface area (Å²) in [4.78, 5) is 12.2. The van der Waals surface area contributed by atoms with E-state index in [-0.39, 0.29) is 17.8 Å². The number of anilines is 1. The van der Waals surface area contributed by atoms with Gasteiger partial charge in [0.2, 0.25) is 0 Å². The monoisotopic (exact) mass is 364 g/mol. The highest BCUT2D eigenvalue weighted by molar-refractivity contribution is 6.08. The molecule has 5 heteroatoms. The normalized spacial score (nSPS) is 25.4. The number of hydrazone groups is 1. The van der Waals surface area contributed by atoms with Crippen LogP contribution in [-0.2, 0) is 4.79 Å². The maximum Gasteiger partial charge on any atom is 0.144 e. The summed E-state index contributed by atoms with van der Waals surface area (Å²) in [6.45, 7) is 0.458. The molecule has 27 heavy (non-hydrogen) atoms. The number of nitrogens with zero attached hydrogens (tertiary/aromatic N) is 2. The van der Waals surface area contributed by atoms with Gasteiger partial charge >= 0.3 is 0 Å². The fourth-order valence-corrected chi connectivity index (χ4v) is 4.83. The first-order valence-corrected chi connectivity index (χ1v) is 9.54. The van der Waals surface area contributed by atoms with Gasteiger partial charge in [-0.05, 0) is 30.5 Å². The van der Waals surface area contributed by atoms with Gasteiger partial charge in [0, 0.05) is 6.07 Å². The van der Waals surface area contributed by atoms with Crippen molar-refractivity contribution in [3.05, 3.63) is 59.9 Å². The Morgan fingerprint density at radius 1 is 1.15 bits per heavy atom. The molecule has 1 unspecified atom stereocenters. The van der Waals surface area contributed by atoms with Gasteiger partial charge in [0.15, 0.2) is 0 Å². The molecule has 2 heterocycles. The number of carbonyl (C=O) groups excluding carboxylic acids is 1. The SMILES string of the molecule is O=CC1(C2=NN3c4cc(F)ccc4OCC3[C@H]2c2ccccc2)CCCC1. The fraction of sp³-hybridized carbons (Fsp3) is 0.364. The Morgan fingerprint density at radius 2 is 1.93 bits per heavy atom. The van der Waals surface area contributed by atoms with Crippen molar-refractivity contribution in [2.45, 2.75) is 37.6 Å². The van der Waals surface area contributed by atoms with Crippen molar-refractivity contribution >= 4 is 17.7 Å². The number of hydrogen-bond acceptors (Lipinski definition) is 4. The predicted octanol–water partition coefficient (Wildman–Crippen LogP) is 4.31. The summed E-state index contributed by atoms with van der Waals surface area (Å²) >= 11 is 0. The lowest BCUT2D eigenvalue weighted by molar-refractivity contribution is -0.113. The van der Waals surface area contributed by atoms with Crippen LogP contribution in [0, 0.1) is 11.2 Å². The highest BCUT2D eigenvalue weighted by Gasteiger charge is 2.51. The number of aldehydes is 1. The van der Waals surface area contributed by atoms with E-state index >= 15 is 0 Å². The number of hydrogen-bond donors (Lipinski definition) is 0. The lowest BCUT2D eigenvalue weighted by Gasteiger charge is -2.34. The highest BCUT2D eigenvalue weighted by atomic mass is 19.1. The lowest BCUT2D eigenvalue weighted by atomic mass is 9.73. The lowest BCUT2D eigenvalue weighted by Crippen LogP contribution is -2.42. The number of rotatable bonds is 3. The largest absolute Gasteiger partial charge is 0.489 e. The van der Waals surface area contributed by atoms with Gasteiger partial charge in [-0.1, -0.05) is 43.2 Å². The topological polar surface area (TPSA) is 41.9 Å². The number of ether oxygens (including phenoxy) is 1. The van der Waals surface area contributed by atoms with Gasteiger partial charge in [-0.15, -0.1) is 0 Å². The molecular formula is C22H21FN2O2. The van der Waals surface area contributed by atoms with Crippen LogP contribution in [0.2, 0.25) is 0 Å². The molecule has 0 saturated heterocycles. The van der Waals surface area contributed by atoms with E-state index in [9.17, 15) is 9.18 Å². The quantitative estimate of drug-likeness (QED) is 0.763. The van der Waals surface area contributed by atoms with Crippen LogP contribution in [-0.4, -0.2) is 24.6 Å². The van der Waals surface area contributed by atoms with Crippen LogP contribution in [0.1, 0.15) is 37.2 Å². The summed E-state index contributed by atoms with van der Waals surface area (Å²) in [7, 11) is 0. The molecule has 5 rings (SSSR count). The van der Waals surface area contributed by atoms with Gasteiger partial charge in [0.25, 0.3) is 0 Å². The molecule has 138 valence electrons. The van der Waals surface area contributed by atoms with E-state index in [2.05, 4.69) is 12.1 Å². The summed E-state index contributed by atoms with van der Waals surface area (Å²) in [5.41, 5.74) is 2.15. The molecule has 0 N–H and O–H groups in total. The summed E-state index contributed by atoms with van der Waals surface area (Å²) in [6.07, 6.45) is 4.82. The number of benzene rings is 2. The molecule has 2 atom stereocenters. The van der Waals surface area contributed by atoms with Crippen LogP contribution < -0.4 is 9.75 Å². The zero-order valence-electron chi connectivity index (χ0n) is 15.0. The average molecular weight is 364 g/mol. The van der Waals surface area contributed by atoms with E-state index in [0.29, 0.717) is 18.0 Å². The molecule has 0 aromatic heterocycles. The summed E-state index contributed by atoms with van der Waals surface area (Å²) in [5.74, 6) is 0.283. The van der Waals surface area contributed by atoms with E-state index in [4.69, 9.17) is 9.84 Å². The van der Waals surface area contributed by atoms with Crippen LogP contribution in [0.5, 0.6) is 5.75 Å². The van der Waals surface area contributed by atoms with Gasteiger partial charge in [0.05, 0.1) is 23.1 Å². The molecule has 0 bridgehead atoms. The van der Waals surface area contributed by atoms with Gasteiger partial charge in [-0.25, -0.2) is 4.39 Å². The molecule has 1 saturated carbocycles. The molecule has 2 aliphatic heterocycles. The number of halogens is 1. The standard InChI is InChI=1S/C22H21FN2O2/c23-16-8-9-19-17(12-16)25-18(13-27-19)20(15-6-2-1-3-7-15)21(24-25)22(14-26)10-4-5-11-22/h1-3,6-9,12,14,18,20H,4-5,10-11,13H2/t18?,20-/m1/s1. The van der Waals surface area contributed by atoms with Crippen LogP contribution in [0.25, 0.3) is 0 Å². The Bertz CT molecular complexity index is 906. The summed E-state index contributed by atoms with van der Waals surface area (Å²) in [5, 5.41) is 6.83. The molecule has 2 aromatic rings. The van der Waals surface area contributed by atoms with Gasteiger partial charge in [-0.2, -0.15) is 5.10 Å². The van der Waals surface area contributed by atoms with Crippen LogP contribution >= 0.6 is 0 Å². The third-order valence-electron chi connectivity index (χ3n) is 6.18. The molecule has 3 aliphatic rings. The first-order chi connectivity index (χ1) is 13.2. The average Bonchev–Trinajstić information content (AvgIpc) is 3.34. The first-order valence-electron chi connectivity index (χ1n) is 9.54. The van der Waals surface area contributed by atoms with Crippen molar-refractivity contribution in [2.24, 2.45) is 10.5 Å². The second kappa shape index (κ2) is 6.19. The highest BCUT2D eigenvalue weighted by Crippen LogP contribution is 2.49. The zero-order valence-corrected chi connectivity index (χ0v) is 15.0. The molecular weight excluding hydrogens is 343 g/mol. The van der Waals surface area contributed by atoms with Crippen LogP contribution in [0.15, 0.2) is 53.6 Å². The van der Waals surface area contributed by atoms with Crippen molar-refractivity contribution in [1.29, 1.82) is 0 Å². The Balaban J connectivity index is 1.67. The molecule has 0 radical (unpaired) electrons. The van der Waals surface area contributed by atoms with Crippen LogP contribution in [0.3, 0.4) is 0 Å². The minimum Gasteiger partial charge on any atom is -0.489 e. The van der Waals surface area contributed by atoms with Crippen LogP contribution in [0.4, 0.5) is 10.1 Å². The Hall–Kier alpha value is -2.69. The van der Waals surface area contributed by atoms with E-state index in [0.717, 1.165) is 43.2 Å². The van der Waals surface area contributed by atoms with Crippen molar-refractivity contribution < 1.29 is 13.9 Å². The maximum atomic E-state index is 13.9. The Morgan fingerprint density at radius 3 is 2.67 bits per heavy atom. The van der Waals surface area contributed by atoms with Crippen molar-refractivity contribution in [1.82, 2.24) is 0 Å². The van der Waals surface area contributed by atoms with Crippen molar-refractivity contribution in [3.8, 4) is 5.75 Å². The van der Waals surface area contributed by atoms with Gasteiger partial charge in [-0.3, -0.25) is 5.01 Å². The fourth-order valence-electron chi connectivity index (χ4n) is 4.83. The smallest absolute Gasteiger partial charge is 0.144 e. The zero-order chi connectivity index (χ0) is 18.4. The summed E-state index contributed by atoms with van der Waals surface area (Å²) in [6, 6.07) is 14.6. The Labute approximate surface area is 157 Å². The Kier molecular flexibility index (Phi) is 3.78. The first kappa shape index (κ1) is 16.5. The third-order valence-corrected chi connectivity index (χ3v) is 6.18. The van der Waals surface area contributed by atoms with E-state index < -0.39 is 5.41 Å². The molecule has 4 nitrogen and oxygen atoms in total. The van der Waals surface area contributed by atoms with Crippen molar-refractivity contribution in [2.75, 3.05) is 11.6 Å². The minimum absolute atomic E-state index is 0.0362. The summed E-state index contributed by atoms with van der Waals surface area (Å²) < 4.78 is 19.9. The third kappa shape index (κ3) is 2.48. The van der Waals surface area contributed by atoms with Crippen molar-refractivity contribution in [3.63, 3.8) is 0 Å². The predicted molar refractivity (Wildman–Crippen MR) is 102 cm³/mol. The van der Waals surface area contributed by atoms with E-state index in [1.165, 1.54) is 12.1 Å². The molecule has 0 amide bonds.